The smallest absolute Gasteiger partial charge is 0.164 e. The number of halogens is 1. The Balaban J connectivity index is 2.37. The topological polar surface area (TPSA) is 40.5 Å². The Bertz CT molecular complexity index is 433. The molecule has 0 radical (unpaired) electrons. The minimum Gasteiger partial charge on any atom is -0.391 e. The zero-order valence-electron chi connectivity index (χ0n) is 9.82. The van der Waals surface area contributed by atoms with Gasteiger partial charge in [0.25, 0.3) is 0 Å². The van der Waals surface area contributed by atoms with Gasteiger partial charge >= 0.3 is 0 Å². The molecule has 0 amide bonds. The minimum atomic E-state index is -0.491. The van der Waals surface area contributed by atoms with Crippen LogP contribution in [-0.2, 0) is 0 Å². The molecule has 0 aromatic heterocycles. The summed E-state index contributed by atoms with van der Waals surface area (Å²) in [4.78, 5) is 13.4. The van der Waals surface area contributed by atoms with Gasteiger partial charge in [0.1, 0.15) is 5.82 Å². The molecule has 3 nitrogen and oxygen atoms in total. The lowest BCUT2D eigenvalue weighted by Crippen LogP contribution is -2.39. The standard InChI is InChI=1S/C13H16FNO2/c1-9(16)13-11(14)5-2-6-12(13)15-7-3-4-10(17)8-15/h2,5-6,10,17H,3-4,7-8H2,1H3. The van der Waals surface area contributed by atoms with E-state index >= 15 is 0 Å². The predicted molar refractivity (Wildman–Crippen MR) is 63.9 cm³/mol. The van der Waals surface area contributed by atoms with Crippen LogP contribution in [0.4, 0.5) is 10.1 Å². The maximum atomic E-state index is 13.6. The minimum absolute atomic E-state index is 0.126. The fourth-order valence-corrected chi connectivity index (χ4v) is 2.30. The fraction of sp³-hybridized carbons (Fsp3) is 0.462. The van der Waals surface area contributed by atoms with Gasteiger partial charge in [0, 0.05) is 13.1 Å². The molecular formula is C13H16FNO2. The molecular weight excluding hydrogens is 221 g/mol. The van der Waals surface area contributed by atoms with Crippen LogP contribution in [0.3, 0.4) is 0 Å². The molecule has 1 aromatic carbocycles. The highest BCUT2D eigenvalue weighted by Crippen LogP contribution is 2.26. The summed E-state index contributed by atoms with van der Waals surface area (Å²) in [5.41, 5.74) is 0.720. The van der Waals surface area contributed by atoms with Crippen molar-refractivity contribution in [2.75, 3.05) is 18.0 Å². The van der Waals surface area contributed by atoms with Crippen molar-refractivity contribution in [2.24, 2.45) is 0 Å². The van der Waals surface area contributed by atoms with Crippen LogP contribution in [0, 0.1) is 5.82 Å². The van der Waals surface area contributed by atoms with E-state index in [9.17, 15) is 14.3 Å². The summed E-state index contributed by atoms with van der Waals surface area (Å²) in [7, 11) is 0. The Morgan fingerprint density at radius 2 is 2.29 bits per heavy atom. The molecule has 0 spiro atoms. The van der Waals surface area contributed by atoms with E-state index in [0.717, 1.165) is 19.4 Å². The highest BCUT2D eigenvalue weighted by molar-refractivity contribution is 6.00. The summed E-state index contributed by atoms with van der Waals surface area (Å²) < 4.78 is 13.6. The number of ketones is 1. The van der Waals surface area contributed by atoms with Gasteiger partial charge < -0.3 is 10.0 Å². The van der Waals surface area contributed by atoms with Crippen LogP contribution >= 0.6 is 0 Å². The Hall–Kier alpha value is -1.42. The molecule has 0 aliphatic carbocycles. The van der Waals surface area contributed by atoms with Crippen molar-refractivity contribution in [2.45, 2.75) is 25.9 Å². The molecule has 17 heavy (non-hydrogen) atoms. The first-order valence-corrected chi connectivity index (χ1v) is 5.82. The largest absolute Gasteiger partial charge is 0.391 e. The van der Waals surface area contributed by atoms with Gasteiger partial charge in [0.05, 0.1) is 17.4 Å². The molecule has 1 unspecified atom stereocenters. The summed E-state index contributed by atoms with van der Waals surface area (Å²) in [5, 5.41) is 9.62. The molecule has 4 heteroatoms. The maximum absolute atomic E-state index is 13.6. The number of aliphatic hydroxyl groups is 1. The molecule has 1 aliphatic rings. The van der Waals surface area contributed by atoms with Crippen LogP contribution in [-0.4, -0.2) is 30.1 Å². The third-order valence-corrected chi connectivity index (χ3v) is 3.08. The van der Waals surface area contributed by atoms with Crippen LogP contribution in [0.25, 0.3) is 0 Å². The van der Waals surface area contributed by atoms with E-state index < -0.39 is 11.9 Å². The summed E-state index contributed by atoms with van der Waals surface area (Å²) in [6, 6.07) is 4.62. The van der Waals surface area contributed by atoms with E-state index in [1.165, 1.54) is 13.0 Å². The summed E-state index contributed by atoms with van der Waals surface area (Å²) in [6.45, 7) is 2.58. The molecule has 1 aromatic rings. The molecule has 1 saturated heterocycles. The zero-order valence-corrected chi connectivity index (χ0v) is 9.82. The summed E-state index contributed by atoms with van der Waals surface area (Å²) >= 11 is 0. The van der Waals surface area contributed by atoms with E-state index in [0.29, 0.717) is 12.2 Å². The van der Waals surface area contributed by atoms with Crippen molar-refractivity contribution in [1.29, 1.82) is 0 Å². The number of hydrogen-bond donors (Lipinski definition) is 1. The van der Waals surface area contributed by atoms with E-state index in [4.69, 9.17) is 0 Å². The fourth-order valence-electron chi connectivity index (χ4n) is 2.30. The molecule has 2 rings (SSSR count). The van der Waals surface area contributed by atoms with Gasteiger partial charge in [-0.3, -0.25) is 4.79 Å². The Morgan fingerprint density at radius 3 is 2.94 bits per heavy atom. The second kappa shape index (κ2) is 4.84. The van der Waals surface area contributed by atoms with Crippen LogP contribution in [0.1, 0.15) is 30.1 Å². The van der Waals surface area contributed by atoms with Gasteiger partial charge in [-0.25, -0.2) is 4.39 Å². The first kappa shape index (κ1) is 12.0. The average Bonchev–Trinajstić information content (AvgIpc) is 2.28. The van der Waals surface area contributed by atoms with Crippen molar-refractivity contribution in [3.05, 3.63) is 29.6 Å². The number of carbonyl (C=O) groups excluding carboxylic acids is 1. The van der Waals surface area contributed by atoms with Crippen LogP contribution in [0.15, 0.2) is 18.2 Å². The molecule has 92 valence electrons. The first-order valence-electron chi connectivity index (χ1n) is 5.82. The van der Waals surface area contributed by atoms with Crippen molar-refractivity contribution in [3.63, 3.8) is 0 Å². The van der Waals surface area contributed by atoms with Gasteiger partial charge in [0.2, 0.25) is 0 Å². The number of piperidine rings is 1. The Morgan fingerprint density at radius 1 is 1.53 bits per heavy atom. The normalized spacial score (nSPS) is 20.4. The maximum Gasteiger partial charge on any atom is 0.164 e. The van der Waals surface area contributed by atoms with Crippen molar-refractivity contribution in [3.8, 4) is 0 Å². The molecule has 0 bridgehead atoms. The number of nitrogens with zero attached hydrogens (tertiary/aromatic N) is 1. The number of aliphatic hydroxyl groups excluding tert-OH is 1. The second-order valence-electron chi connectivity index (χ2n) is 4.43. The van der Waals surface area contributed by atoms with Gasteiger partial charge in [-0.05, 0) is 31.9 Å². The lowest BCUT2D eigenvalue weighted by Gasteiger charge is -2.33. The van der Waals surface area contributed by atoms with Gasteiger partial charge in [-0.1, -0.05) is 6.07 Å². The Kier molecular flexibility index (Phi) is 3.43. The van der Waals surface area contributed by atoms with E-state index in [2.05, 4.69) is 0 Å². The number of β-amino-alcohol motifs (C(OH)–C–C–N with tert-alkyl or cyclic N) is 1. The summed E-state index contributed by atoms with van der Waals surface area (Å²) in [5.74, 6) is -0.770. The van der Waals surface area contributed by atoms with Crippen molar-refractivity contribution < 1.29 is 14.3 Å². The highest BCUT2D eigenvalue weighted by atomic mass is 19.1. The van der Waals surface area contributed by atoms with Crippen molar-refractivity contribution >= 4 is 11.5 Å². The lowest BCUT2D eigenvalue weighted by molar-refractivity contribution is 0.101. The average molecular weight is 237 g/mol. The van der Waals surface area contributed by atoms with Gasteiger partial charge in [-0.2, -0.15) is 0 Å². The quantitative estimate of drug-likeness (QED) is 0.800. The predicted octanol–water partition coefficient (Wildman–Crippen LogP) is 1.99. The van der Waals surface area contributed by atoms with Gasteiger partial charge in [-0.15, -0.1) is 0 Å². The molecule has 1 N–H and O–H groups in total. The summed E-state index contributed by atoms with van der Waals surface area (Å²) in [6.07, 6.45) is 1.22. The number of carbonyl (C=O) groups is 1. The third-order valence-electron chi connectivity index (χ3n) is 3.08. The van der Waals surface area contributed by atoms with Crippen molar-refractivity contribution in [1.82, 2.24) is 0 Å². The number of Topliss-reactive ketones (excluding diaryl/α,β-unsaturated/α-hetero) is 1. The molecule has 1 aliphatic heterocycles. The number of anilines is 1. The second-order valence-corrected chi connectivity index (χ2v) is 4.43. The third kappa shape index (κ3) is 2.47. The molecule has 1 heterocycles. The number of rotatable bonds is 2. The zero-order chi connectivity index (χ0) is 12.4. The van der Waals surface area contributed by atoms with Crippen LogP contribution < -0.4 is 4.90 Å². The van der Waals surface area contributed by atoms with Crippen LogP contribution in [0.5, 0.6) is 0 Å². The van der Waals surface area contributed by atoms with E-state index in [1.807, 2.05) is 4.90 Å². The molecule has 1 atom stereocenters. The van der Waals surface area contributed by atoms with Crippen LogP contribution in [0.2, 0.25) is 0 Å². The first-order chi connectivity index (χ1) is 8.09. The van der Waals surface area contributed by atoms with E-state index in [-0.39, 0.29) is 11.3 Å². The SMILES string of the molecule is CC(=O)c1c(F)cccc1N1CCCC(O)C1. The molecule has 1 fully saturated rings. The molecule has 0 saturated carbocycles. The Labute approximate surface area is 99.9 Å². The number of hydrogen-bond acceptors (Lipinski definition) is 3. The van der Waals surface area contributed by atoms with Gasteiger partial charge in [0.15, 0.2) is 5.78 Å². The lowest BCUT2D eigenvalue weighted by atomic mass is 10.0. The highest BCUT2D eigenvalue weighted by Gasteiger charge is 2.22. The number of benzene rings is 1. The monoisotopic (exact) mass is 237 g/mol. The van der Waals surface area contributed by atoms with E-state index in [1.54, 1.807) is 12.1 Å².